The van der Waals surface area contributed by atoms with Crippen LogP contribution in [0.25, 0.3) is 0 Å². The molecule has 94 valence electrons. The highest BCUT2D eigenvalue weighted by Crippen LogP contribution is 2.18. The summed E-state index contributed by atoms with van der Waals surface area (Å²) >= 11 is 0. The van der Waals surface area contributed by atoms with Gasteiger partial charge in [-0.3, -0.25) is 9.89 Å². The Morgan fingerprint density at radius 3 is 2.82 bits per heavy atom. The maximum atomic E-state index is 11.4. The summed E-state index contributed by atoms with van der Waals surface area (Å²) in [6.45, 7) is 5.48. The molecule has 0 unspecified atom stereocenters. The molecule has 1 aromatic heterocycles. The fraction of sp³-hybridized carbons (Fsp3) is 0.667. The molecule has 1 aromatic rings. The lowest BCUT2D eigenvalue weighted by atomic mass is 10.2. The van der Waals surface area contributed by atoms with Crippen LogP contribution in [0.3, 0.4) is 0 Å². The van der Waals surface area contributed by atoms with E-state index >= 15 is 0 Å². The van der Waals surface area contributed by atoms with E-state index in [9.17, 15) is 4.79 Å². The van der Waals surface area contributed by atoms with E-state index in [2.05, 4.69) is 20.8 Å². The Kier molecular flexibility index (Phi) is 3.78. The zero-order valence-corrected chi connectivity index (χ0v) is 10.5. The normalized spacial score (nSPS) is 14.9. The summed E-state index contributed by atoms with van der Waals surface area (Å²) in [4.78, 5) is 11.4. The molecule has 0 aromatic carbocycles. The molecule has 17 heavy (non-hydrogen) atoms. The lowest BCUT2D eigenvalue weighted by Crippen LogP contribution is -2.29. The van der Waals surface area contributed by atoms with E-state index in [0.717, 1.165) is 30.8 Å². The molecule has 1 amide bonds. The second kappa shape index (κ2) is 5.31. The van der Waals surface area contributed by atoms with Crippen LogP contribution < -0.4 is 10.6 Å². The number of aromatic nitrogens is 2. The van der Waals surface area contributed by atoms with Crippen LogP contribution in [0.2, 0.25) is 0 Å². The maximum absolute atomic E-state index is 11.4. The third kappa shape index (κ3) is 3.56. The van der Waals surface area contributed by atoms with Crippen molar-refractivity contribution in [1.82, 2.24) is 20.8 Å². The lowest BCUT2D eigenvalue weighted by molar-refractivity contribution is -0.121. The quantitative estimate of drug-likeness (QED) is 0.639. The van der Waals surface area contributed by atoms with Crippen molar-refractivity contribution in [1.29, 1.82) is 0 Å². The zero-order valence-electron chi connectivity index (χ0n) is 10.5. The summed E-state index contributed by atoms with van der Waals surface area (Å²) < 4.78 is 0. The first-order valence-corrected chi connectivity index (χ1v) is 6.17. The molecule has 3 N–H and O–H groups in total. The van der Waals surface area contributed by atoms with Crippen molar-refractivity contribution in [3.63, 3.8) is 0 Å². The van der Waals surface area contributed by atoms with E-state index in [4.69, 9.17) is 0 Å². The van der Waals surface area contributed by atoms with Crippen LogP contribution in [0, 0.1) is 13.8 Å². The highest BCUT2D eigenvalue weighted by Gasteiger charge is 2.22. The van der Waals surface area contributed by atoms with Gasteiger partial charge < -0.3 is 10.6 Å². The molecule has 0 bridgehead atoms. The fourth-order valence-electron chi connectivity index (χ4n) is 1.78. The predicted octanol–water partition coefficient (Wildman–Crippen LogP) is 0.785. The molecule has 5 heteroatoms. The number of H-pyrrole nitrogens is 1. The Bertz CT molecular complexity index is 376. The Labute approximate surface area is 101 Å². The van der Waals surface area contributed by atoms with Gasteiger partial charge in [-0.05, 0) is 26.7 Å². The van der Waals surface area contributed by atoms with Gasteiger partial charge in [0.1, 0.15) is 0 Å². The number of carbonyl (C=O) groups is 1. The molecule has 1 aliphatic carbocycles. The average molecular weight is 236 g/mol. The van der Waals surface area contributed by atoms with Crippen LogP contribution in [0.1, 0.15) is 36.2 Å². The molecule has 1 aliphatic rings. The number of hydrogen-bond acceptors (Lipinski definition) is 3. The summed E-state index contributed by atoms with van der Waals surface area (Å²) in [7, 11) is 0. The van der Waals surface area contributed by atoms with Crippen molar-refractivity contribution >= 4 is 5.91 Å². The van der Waals surface area contributed by atoms with E-state index < -0.39 is 0 Å². The van der Waals surface area contributed by atoms with Crippen molar-refractivity contribution in [2.24, 2.45) is 0 Å². The Morgan fingerprint density at radius 2 is 2.24 bits per heavy atom. The number of aromatic amines is 1. The number of carbonyl (C=O) groups excluding carboxylic acids is 1. The number of nitrogens with zero attached hydrogens (tertiary/aromatic N) is 1. The van der Waals surface area contributed by atoms with E-state index in [1.54, 1.807) is 0 Å². The van der Waals surface area contributed by atoms with Gasteiger partial charge in [0.2, 0.25) is 5.91 Å². The average Bonchev–Trinajstić information content (AvgIpc) is 3.03. The minimum Gasteiger partial charge on any atom is -0.353 e. The van der Waals surface area contributed by atoms with Crippen LogP contribution in [0.4, 0.5) is 0 Å². The van der Waals surface area contributed by atoms with Gasteiger partial charge in [0.25, 0.3) is 0 Å². The van der Waals surface area contributed by atoms with Crippen molar-refractivity contribution in [2.75, 3.05) is 6.54 Å². The second-order valence-electron chi connectivity index (χ2n) is 4.68. The summed E-state index contributed by atoms with van der Waals surface area (Å²) in [5.41, 5.74) is 3.32. The number of aryl methyl sites for hydroxylation is 2. The molecule has 0 atom stereocenters. The van der Waals surface area contributed by atoms with Gasteiger partial charge in [-0.15, -0.1) is 0 Å². The van der Waals surface area contributed by atoms with Crippen molar-refractivity contribution in [2.45, 2.75) is 45.7 Å². The molecule has 1 fully saturated rings. The second-order valence-corrected chi connectivity index (χ2v) is 4.68. The standard InChI is InChI=1S/C12H20N4O/c1-8-11(9(2)16-15-8)7-13-6-5-12(17)14-10-3-4-10/h10,13H,3-7H2,1-2H3,(H,14,17)(H,15,16). The van der Waals surface area contributed by atoms with Gasteiger partial charge in [0.15, 0.2) is 0 Å². The van der Waals surface area contributed by atoms with Gasteiger partial charge in [0.05, 0.1) is 5.69 Å². The first-order valence-electron chi connectivity index (χ1n) is 6.17. The smallest absolute Gasteiger partial charge is 0.221 e. The van der Waals surface area contributed by atoms with Crippen LogP contribution in [-0.4, -0.2) is 28.7 Å². The SMILES string of the molecule is Cc1n[nH]c(C)c1CNCCC(=O)NC1CC1. The minimum atomic E-state index is 0.153. The zero-order chi connectivity index (χ0) is 12.3. The van der Waals surface area contributed by atoms with Crippen molar-refractivity contribution in [3.05, 3.63) is 17.0 Å². The molecule has 2 rings (SSSR count). The Balaban J connectivity index is 1.64. The van der Waals surface area contributed by atoms with Crippen LogP contribution >= 0.6 is 0 Å². The summed E-state index contributed by atoms with van der Waals surface area (Å²) in [6.07, 6.45) is 2.84. The van der Waals surface area contributed by atoms with Crippen molar-refractivity contribution < 1.29 is 4.79 Å². The molecular weight excluding hydrogens is 216 g/mol. The molecule has 0 aliphatic heterocycles. The number of nitrogens with one attached hydrogen (secondary N) is 3. The molecular formula is C12H20N4O. The number of amides is 1. The summed E-state index contributed by atoms with van der Waals surface area (Å²) in [5.74, 6) is 0.153. The fourth-order valence-corrected chi connectivity index (χ4v) is 1.78. The van der Waals surface area contributed by atoms with E-state index in [1.807, 2.05) is 13.8 Å². The monoisotopic (exact) mass is 236 g/mol. The molecule has 0 saturated heterocycles. The van der Waals surface area contributed by atoms with Crippen LogP contribution in [0.15, 0.2) is 0 Å². The third-order valence-corrected chi connectivity index (χ3v) is 3.05. The molecule has 1 saturated carbocycles. The van der Waals surface area contributed by atoms with Gasteiger partial charge >= 0.3 is 0 Å². The van der Waals surface area contributed by atoms with Crippen LogP contribution in [-0.2, 0) is 11.3 Å². The van der Waals surface area contributed by atoms with E-state index in [1.165, 1.54) is 5.56 Å². The van der Waals surface area contributed by atoms with Gasteiger partial charge in [0, 0.05) is 36.8 Å². The third-order valence-electron chi connectivity index (χ3n) is 3.05. The lowest BCUT2D eigenvalue weighted by Gasteiger charge is -2.05. The highest BCUT2D eigenvalue weighted by atomic mass is 16.1. The summed E-state index contributed by atoms with van der Waals surface area (Å²) in [5, 5.41) is 13.3. The minimum absolute atomic E-state index is 0.153. The predicted molar refractivity (Wildman–Crippen MR) is 65.6 cm³/mol. The van der Waals surface area contributed by atoms with E-state index in [0.29, 0.717) is 19.0 Å². The van der Waals surface area contributed by atoms with Crippen molar-refractivity contribution in [3.8, 4) is 0 Å². The topological polar surface area (TPSA) is 69.8 Å². The van der Waals surface area contributed by atoms with Gasteiger partial charge in [-0.1, -0.05) is 0 Å². The van der Waals surface area contributed by atoms with Crippen LogP contribution in [0.5, 0.6) is 0 Å². The molecule has 5 nitrogen and oxygen atoms in total. The highest BCUT2D eigenvalue weighted by molar-refractivity contribution is 5.76. The molecule has 0 spiro atoms. The maximum Gasteiger partial charge on any atom is 0.221 e. The molecule has 1 heterocycles. The Morgan fingerprint density at radius 1 is 1.47 bits per heavy atom. The molecule has 0 radical (unpaired) electrons. The van der Waals surface area contributed by atoms with Gasteiger partial charge in [-0.2, -0.15) is 5.10 Å². The Hall–Kier alpha value is -1.36. The van der Waals surface area contributed by atoms with Gasteiger partial charge in [-0.25, -0.2) is 0 Å². The largest absolute Gasteiger partial charge is 0.353 e. The first kappa shape index (κ1) is 12.1. The summed E-state index contributed by atoms with van der Waals surface area (Å²) in [6, 6.07) is 0.459. The van der Waals surface area contributed by atoms with E-state index in [-0.39, 0.29) is 5.91 Å². The number of rotatable bonds is 6. The number of hydrogen-bond donors (Lipinski definition) is 3. The first-order chi connectivity index (χ1) is 8.16.